The van der Waals surface area contributed by atoms with Gasteiger partial charge in [0.25, 0.3) is 0 Å². The molecule has 2 N–H and O–H groups in total. The molecule has 3 atom stereocenters. The molecule has 0 bridgehead atoms. The van der Waals surface area contributed by atoms with Gasteiger partial charge in [0, 0.05) is 31.4 Å². The van der Waals surface area contributed by atoms with Crippen molar-refractivity contribution < 1.29 is 14.7 Å². The van der Waals surface area contributed by atoms with Gasteiger partial charge in [-0.2, -0.15) is 0 Å². The Morgan fingerprint density at radius 2 is 2.32 bits per heavy atom. The number of carbonyl (C=O) groups is 2. The number of nitrogens with zero attached hydrogens (tertiary/aromatic N) is 2. The maximum atomic E-state index is 12.4. The van der Waals surface area contributed by atoms with Crippen LogP contribution in [0.15, 0.2) is 17.5 Å². The maximum absolute atomic E-state index is 12.4. The molecule has 0 radical (unpaired) electrons. The lowest BCUT2D eigenvalue weighted by atomic mass is 9.98. The molecule has 0 saturated carbocycles. The van der Waals surface area contributed by atoms with Crippen LogP contribution in [0, 0.1) is 5.92 Å². The predicted molar refractivity (Wildman–Crippen MR) is 85.5 cm³/mol. The van der Waals surface area contributed by atoms with Crippen LogP contribution in [0.2, 0.25) is 0 Å². The molecule has 122 valence electrons. The molecule has 22 heavy (non-hydrogen) atoms. The summed E-state index contributed by atoms with van der Waals surface area (Å²) in [6.07, 6.45) is -0.400. The fourth-order valence-electron chi connectivity index (χ4n) is 2.79. The monoisotopic (exact) mass is 325 g/mol. The fourth-order valence-corrected chi connectivity index (χ4v) is 3.72. The van der Waals surface area contributed by atoms with Crippen LogP contribution in [0.3, 0.4) is 0 Å². The minimum Gasteiger partial charge on any atom is -0.390 e. The van der Waals surface area contributed by atoms with Gasteiger partial charge in [-0.25, -0.2) is 0 Å². The Kier molecular flexibility index (Phi) is 5.55. The maximum Gasteiger partial charge on any atom is 0.226 e. The average molecular weight is 325 g/mol. The molecule has 1 aliphatic rings. The number of nitrogens with one attached hydrogen (secondary N) is 1. The van der Waals surface area contributed by atoms with Gasteiger partial charge < -0.3 is 20.2 Å². The molecule has 1 aliphatic heterocycles. The van der Waals surface area contributed by atoms with Gasteiger partial charge in [0.2, 0.25) is 11.8 Å². The molecule has 1 fully saturated rings. The third kappa shape index (κ3) is 3.85. The Morgan fingerprint density at radius 3 is 2.91 bits per heavy atom. The van der Waals surface area contributed by atoms with Gasteiger partial charge >= 0.3 is 0 Å². The van der Waals surface area contributed by atoms with Crippen molar-refractivity contribution in [1.29, 1.82) is 0 Å². The second kappa shape index (κ2) is 7.21. The molecular weight excluding hydrogens is 302 g/mol. The SMILES string of the molecule is CN(C)CC(O)CNC(=O)C1CC(=O)N(C)C1c1cccs1. The van der Waals surface area contributed by atoms with E-state index >= 15 is 0 Å². The minimum atomic E-state index is -0.617. The second-order valence-corrected chi connectivity index (χ2v) is 6.92. The molecule has 1 saturated heterocycles. The smallest absolute Gasteiger partial charge is 0.226 e. The van der Waals surface area contributed by atoms with Crippen LogP contribution >= 0.6 is 11.3 Å². The van der Waals surface area contributed by atoms with Crippen LogP contribution in [0.1, 0.15) is 17.3 Å². The number of amides is 2. The number of aliphatic hydroxyl groups excluding tert-OH is 1. The van der Waals surface area contributed by atoms with Crippen molar-refractivity contribution >= 4 is 23.2 Å². The molecule has 6 nitrogen and oxygen atoms in total. The molecule has 0 spiro atoms. The standard InChI is InChI=1S/C15H23N3O3S/c1-17(2)9-10(19)8-16-15(21)11-7-13(20)18(3)14(11)12-5-4-6-22-12/h4-6,10-11,14,19H,7-9H2,1-3H3,(H,16,21). The van der Waals surface area contributed by atoms with Crippen LogP contribution in [0.5, 0.6) is 0 Å². The number of aliphatic hydroxyl groups is 1. The number of hydrogen-bond donors (Lipinski definition) is 2. The van der Waals surface area contributed by atoms with Gasteiger partial charge in [-0.15, -0.1) is 11.3 Å². The van der Waals surface area contributed by atoms with E-state index in [4.69, 9.17) is 0 Å². The summed E-state index contributed by atoms with van der Waals surface area (Å²) in [4.78, 5) is 28.9. The minimum absolute atomic E-state index is 0.0209. The van der Waals surface area contributed by atoms with Crippen LogP contribution < -0.4 is 5.32 Å². The number of hydrogen-bond acceptors (Lipinski definition) is 5. The van der Waals surface area contributed by atoms with Crippen LogP contribution in [-0.2, 0) is 9.59 Å². The van der Waals surface area contributed by atoms with E-state index in [0.717, 1.165) is 4.88 Å². The van der Waals surface area contributed by atoms with Gasteiger partial charge in [0.05, 0.1) is 18.1 Å². The van der Waals surface area contributed by atoms with Crippen molar-refractivity contribution in [2.45, 2.75) is 18.6 Å². The van der Waals surface area contributed by atoms with E-state index in [-0.39, 0.29) is 30.8 Å². The van der Waals surface area contributed by atoms with Crippen molar-refractivity contribution in [1.82, 2.24) is 15.1 Å². The quantitative estimate of drug-likeness (QED) is 0.789. The first-order valence-corrected chi connectivity index (χ1v) is 8.17. The van der Waals surface area contributed by atoms with E-state index in [9.17, 15) is 14.7 Å². The molecule has 1 aromatic rings. The topological polar surface area (TPSA) is 72.9 Å². The van der Waals surface area contributed by atoms with Crippen LogP contribution in [0.4, 0.5) is 0 Å². The summed E-state index contributed by atoms with van der Waals surface area (Å²) in [6, 6.07) is 3.66. The highest BCUT2D eigenvalue weighted by Crippen LogP contribution is 2.38. The van der Waals surface area contributed by atoms with Crippen LogP contribution in [0.25, 0.3) is 0 Å². The first kappa shape index (κ1) is 16.9. The third-order valence-electron chi connectivity index (χ3n) is 3.85. The summed E-state index contributed by atoms with van der Waals surface area (Å²) in [5.41, 5.74) is 0. The number of rotatable bonds is 6. The molecule has 2 heterocycles. The summed E-state index contributed by atoms with van der Waals surface area (Å²) in [5.74, 6) is -0.594. The van der Waals surface area contributed by atoms with Crippen molar-refractivity contribution in [2.75, 3.05) is 34.2 Å². The number of likely N-dealkylation sites (N-methyl/N-ethyl adjacent to an activating group) is 1. The van der Waals surface area contributed by atoms with Crippen LogP contribution in [-0.4, -0.2) is 67.1 Å². The number of likely N-dealkylation sites (tertiary alicyclic amines) is 1. The summed E-state index contributed by atoms with van der Waals surface area (Å²) < 4.78 is 0. The number of carbonyl (C=O) groups excluding carboxylic acids is 2. The Hall–Kier alpha value is -1.44. The molecule has 2 rings (SSSR count). The highest BCUT2D eigenvalue weighted by molar-refractivity contribution is 7.10. The largest absolute Gasteiger partial charge is 0.390 e. The molecule has 7 heteroatoms. The lowest BCUT2D eigenvalue weighted by Gasteiger charge is -2.24. The predicted octanol–water partition coefficient (Wildman–Crippen LogP) is 0.306. The van der Waals surface area contributed by atoms with E-state index in [1.165, 1.54) is 0 Å². The van der Waals surface area contributed by atoms with E-state index in [1.807, 2.05) is 36.5 Å². The Morgan fingerprint density at radius 1 is 1.59 bits per heavy atom. The van der Waals surface area contributed by atoms with Crippen molar-refractivity contribution in [3.63, 3.8) is 0 Å². The summed E-state index contributed by atoms with van der Waals surface area (Å²) in [7, 11) is 5.46. The van der Waals surface area contributed by atoms with E-state index in [0.29, 0.717) is 6.54 Å². The van der Waals surface area contributed by atoms with Gasteiger partial charge in [0.15, 0.2) is 0 Å². The van der Waals surface area contributed by atoms with Crippen molar-refractivity contribution in [3.8, 4) is 0 Å². The summed E-state index contributed by atoms with van der Waals surface area (Å²) >= 11 is 1.55. The Labute approximate surface area is 134 Å². The molecule has 2 amide bonds. The lowest BCUT2D eigenvalue weighted by molar-refractivity contribution is -0.128. The highest BCUT2D eigenvalue weighted by Gasteiger charge is 2.43. The lowest BCUT2D eigenvalue weighted by Crippen LogP contribution is -2.41. The molecule has 0 aliphatic carbocycles. The Balaban J connectivity index is 2.00. The van der Waals surface area contributed by atoms with E-state index < -0.39 is 12.0 Å². The van der Waals surface area contributed by atoms with Gasteiger partial charge in [-0.1, -0.05) is 6.07 Å². The van der Waals surface area contributed by atoms with Gasteiger partial charge in [0.1, 0.15) is 0 Å². The normalized spacial score (nSPS) is 23.1. The third-order valence-corrected chi connectivity index (χ3v) is 4.79. The fraction of sp³-hybridized carbons (Fsp3) is 0.600. The van der Waals surface area contributed by atoms with Crippen molar-refractivity contribution in [3.05, 3.63) is 22.4 Å². The second-order valence-electron chi connectivity index (χ2n) is 5.94. The summed E-state index contributed by atoms with van der Waals surface area (Å²) in [6.45, 7) is 0.681. The van der Waals surface area contributed by atoms with Crippen molar-refractivity contribution in [2.24, 2.45) is 5.92 Å². The van der Waals surface area contributed by atoms with E-state index in [2.05, 4.69) is 5.32 Å². The highest BCUT2D eigenvalue weighted by atomic mass is 32.1. The number of thiophene rings is 1. The molecule has 0 aromatic carbocycles. The van der Waals surface area contributed by atoms with Gasteiger partial charge in [-0.3, -0.25) is 9.59 Å². The first-order valence-electron chi connectivity index (χ1n) is 7.29. The summed E-state index contributed by atoms with van der Waals surface area (Å²) in [5, 5.41) is 14.6. The van der Waals surface area contributed by atoms with Gasteiger partial charge in [-0.05, 0) is 25.5 Å². The average Bonchev–Trinajstić information content (AvgIpc) is 3.05. The molecule has 1 aromatic heterocycles. The zero-order chi connectivity index (χ0) is 16.3. The zero-order valence-electron chi connectivity index (χ0n) is 13.2. The first-order chi connectivity index (χ1) is 10.4. The Bertz CT molecular complexity index is 518. The molecule has 3 unspecified atom stereocenters. The zero-order valence-corrected chi connectivity index (χ0v) is 14.0. The molecular formula is C15H23N3O3S. The van der Waals surface area contributed by atoms with E-state index in [1.54, 1.807) is 23.3 Å².